The normalized spacial score (nSPS) is 10.6. The van der Waals surface area contributed by atoms with Crippen LogP contribution in [0, 0.1) is 11.3 Å². The predicted molar refractivity (Wildman–Crippen MR) is 58.2 cm³/mol. The zero-order valence-corrected chi connectivity index (χ0v) is 10.1. The Bertz CT molecular complexity index is 187. The van der Waals surface area contributed by atoms with Crippen molar-refractivity contribution in [1.82, 2.24) is 0 Å². The van der Waals surface area contributed by atoms with Gasteiger partial charge in [0.1, 0.15) is 6.10 Å². The lowest BCUT2D eigenvalue weighted by atomic mass is 10.3. The van der Waals surface area contributed by atoms with Gasteiger partial charge < -0.3 is 9.47 Å². The first-order valence-corrected chi connectivity index (χ1v) is 5.11. The Labute approximate surface area is 92.2 Å². The van der Waals surface area contributed by atoms with E-state index in [-0.39, 0.29) is 12.1 Å². The molecule has 1 atom stereocenters. The van der Waals surface area contributed by atoms with E-state index < -0.39 is 0 Å². The van der Waals surface area contributed by atoms with E-state index in [1.165, 1.54) is 6.92 Å². The average Bonchev–Trinajstić information content (AvgIpc) is 2.15. The fourth-order valence-corrected chi connectivity index (χ4v) is 0.808. The number of hydrogen-bond donors (Lipinski definition) is 0. The molecule has 0 rings (SSSR count). The summed E-state index contributed by atoms with van der Waals surface area (Å²) >= 11 is 0. The lowest BCUT2D eigenvalue weighted by molar-refractivity contribution is -0.147. The van der Waals surface area contributed by atoms with Gasteiger partial charge in [-0.15, -0.1) is 0 Å². The van der Waals surface area contributed by atoms with Gasteiger partial charge in [0.15, 0.2) is 0 Å². The highest BCUT2D eigenvalue weighted by atomic mass is 16.6. The van der Waals surface area contributed by atoms with Crippen LogP contribution in [-0.2, 0) is 14.3 Å². The second-order valence-electron chi connectivity index (χ2n) is 3.14. The molecule has 0 spiro atoms. The third-order valence-electron chi connectivity index (χ3n) is 1.41. The summed E-state index contributed by atoms with van der Waals surface area (Å²) in [5, 5.41) is 7.95. The van der Waals surface area contributed by atoms with E-state index in [2.05, 4.69) is 13.0 Å². The topological polar surface area (TPSA) is 59.3 Å². The molecule has 0 bridgehead atoms. The number of hydrogen-bond acceptors (Lipinski definition) is 4. The molecular weight excluding hydrogens is 194 g/mol. The highest BCUT2D eigenvalue weighted by molar-refractivity contribution is 5.66. The van der Waals surface area contributed by atoms with Crippen LogP contribution >= 0.6 is 0 Å². The minimum atomic E-state index is -0.264. The summed E-state index contributed by atoms with van der Waals surface area (Å²) < 4.78 is 9.45. The summed E-state index contributed by atoms with van der Waals surface area (Å²) in [4.78, 5) is 10.3. The van der Waals surface area contributed by atoms with Gasteiger partial charge in [-0.3, -0.25) is 4.79 Å². The average molecular weight is 215 g/mol. The van der Waals surface area contributed by atoms with Crippen LogP contribution < -0.4 is 0 Å². The lowest BCUT2D eigenvalue weighted by Gasteiger charge is -2.08. The van der Waals surface area contributed by atoms with E-state index in [9.17, 15) is 4.79 Å². The number of nitrogens with zero attached hydrogens (tertiary/aromatic N) is 1. The molecule has 0 aromatic rings. The second-order valence-corrected chi connectivity index (χ2v) is 3.14. The Morgan fingerprint density at radius 1 is 1.53 bits per heavy atom. The molecule has 0 aliphatic rings. The molecule has 4 nitrogen and oxygen atoms in total. The second kappa shape index (κ2) is 12.9. The minimum absolute atomic E-state index is 0.132. The number of nitriles is 1. The molecule has 0 N–H and O–H groups in total. The van der Waals surface area contributed by atoms with Crippen molar-refractivity contribution in [3.05, 3.63) is 0 Å². The summed E-state index contributed by atoms with van der Waals surface area (Å²) in [6.45, 7) is 5.70. The maximum atomic E-state index is 10.3. The van der Waals surface area contributed by atoms with Crippen LogP contribution in [0.15, 0.2) is 0 Å². The molecule has 88 valence electrons. The van der Waals surface area contributed by atoms with Gasteiger partial charge in [0.2, 0.25) is 0 Å². The molecule has 0 radical (unpaired) electrons. The van der Waals surface area contributed by atoms with Gasteiger partial charge in [-0.25, -0.2) is 0 Å². The zero-order valence-electron chi connectivity index (χ0n) is 10.1. The number of rotatable bonds is 5. The third kappa shape index (κ3) is 19.4. The van der Waals surface area contributed by atoms with Crippen LogP contribution in [0.5, 0.6) is 0 Å². The smallest absolute Gasteiger partial charge is 0.302 e. The SMILES string of the molecule is CCCCC#N.COCC(C)OC(C)=O. The number of esters is 1. The molecule has 0 amide bonds. The molecule has 0 aromatic heterocycles. The van der Waals surface area contributed by atoms with E-state index in [1.54, 1.807) is 14.0 Å². The Morgan fingerprint density at radius 2 is 2.13 bits per heavy atom. The van der Waals surface area contributed by atoms with Gasteiger partial charge in [0, 0.05) is 20.5 Å². The van der Waals surface area contributed by atoms with Gasteiger partial charge in [-0.05, 0) is 13.3 Å². The van der Waals surface area contributed by atoms with Gasteiger partial charge in [-0.1, -0.05) is 13.3 Å². The van der Waals surface area contributed by atoms with Crippen molar-refractivity contribution < 1.29 is 14.3 Å². The maximum Gasteiger partial charge on any atom is 0.302 e. The lowest BCUT2D eigenvalue weighted by Crippen LogP contribution is -2.17. The quantitative estimate of drug-likeness (QED) is 0.521. The summed E-state index contributed by atoms with van der Waals surface area (Å²) in [5.41, 5.74) is 0. The molecule has 0 saturated heterocycles. The highest BCUT2D eigenvalue weighted by Gasteiger charge is 2.02. The number of ether oxygens (including phenoxy) is 2. The number of methoxy groups -OCH3 is 1. The van der Waals surface area contributed by atoms with E-state index in [0.29, 0.717) is 6.61 Å². The molecule has 4 heteroatoms. The largest absolute Gasteiger partial charge is 0.460 e. The highest BCUT2D eigenvalue weighted by Crippen LogP contribution is 1.90. The van der Waals surface area contributed by atoms with Gasteiger partial charge in [0.25, 0.3) is 0 Å². The summed E-state index contributed by atoms with van der Waals surface area (Å²) in [7, 11) is 1.57. The van der Waals surface area contributed by atoms with Gasteiger partial charge in [0.05, 0.1) is 12.7 Å². The molecule has 15 heavy (non-hydrogen) atoms. The molecule has 0 heterocycles. The number of carbonyl (C=O) groups excluding carboxylic acids is 1. The third-order valence-corrected chi connectivity index (χ3v) is 1.41. The van der Waals surface area contributed by atoms with Crippen molar-refractivity contribution in [2.75, 3.05) is 13.7 Å². The Morgan fingerprint density at radius 3 is 2.40 bits per heavy atom. The van der Waals surface area contributed by atoms with Crippen molar-refractivity contribution in [2.45, 2.75) is 46.1 Å². The molecule has 0 aliphatic heterocycles. The fraction of sp³-hybridized carbons (Fsp3) is 0.818. The summed E-state index contributed by atoms with van der Waals surface area (Å²) in [6, 6.07) is 2.07. The molecular formula is C11H21NO3. The first-order chi connectivity index (χ1) is 7.08. The van der Waals surface area contributed by atoms with E-state index in [4.69, 9.17) is 14.7 Å². The monoisotopic (exact) mass is 215 g/mol. The van der Waals surface area contributed by atoms with Crippen LogP contribution in [0.25, 0.3) is 0 Å². The molecule has 1 unspecified atom stereocenters. The standard InChI is InChI=1S/C6H12O3.C5H9N/c1-5(4-8-3)9-6(2)7;1-2-3-4-5-6/h5H,4H2,1-3H3;2-4H2,1H3. The minimum Gasteiger partial charge on any atom is -0.460 e. The first kappa shape index (κ1) is 16.4. The Hall–Kier alpha value is -1.08. The Balaban J connectivity index is 0. The van der Waals surface area contributed by atoms with Crippen LogP contribution in [-0.4, -0.2) is 25.8 Å². The van der Waals surface area contributed by atoms with Gasteiger partial charge >= 0.3 is 5.97 Å². The summed E-state index contributed by atoms with van der Waals surface area (Å²) in [6.07, 6.45) is 2.77. The number of unbranched alkanes of at least 4 members (excludes halogenated alkanes) is 2. The van der Waals surface area contributed by atoms with Crippen LogP contribution in [0.2, 0.25) is 0 Å². The fourth-order valence-electron chi connectivity index (χ4n) is 0.808. The zero-order chi connectivity index (χ0) is 12.1. The Kier molecular flexibility index (Phi) is 14.1. The van der Waals surface area contributed by atoms with Crippen molar-refractivity contribution in [1.29, 1.82) is 5.26 Å². The van der Waals surface area contributed by atoms with Crippen molar-refractivity contribution in [3.8, 4) is 6.07 Å². The van der Waals surface area contributed by atoms with Crippen molar-refractivity contribution in [2.24, 2.45) is 0 Å². The maximum absolute atomic E-state index is 10.3. The first-order valence-electron chi connectivity index (χ1n) is 5.11. The molecule has 0 aromatic carbocycles. The van der Waals surface area contributed by atoms with Gasteiger partial charge in [-0.2, -0.15) is 5.26 Å². The van der Waals surface area contributed by atoms with Crippen LogP contribution in [0.1, 0.15) is 40.0 Å². The van der Waals surface area contributed by atoms with Crippen molar-refractivity contribution >= 4 is 5.97 Å². The van der Waals surface area contributed by atoms with E-state index >= 15 is 0 Å². The predicted octanol–water partition coefficient (Wildman–Crippen LogP) is 2.28. The molecule has 0 aliphatic carbocycles. The molecule has 0 fully saturated rings. The van der Waals surface area contributed by atoms with Crippen molar-refractivity contribution in [3.63, 3.8) is 0 Å². The van der Waals surface area contributed by atoms with E-state index in [0.717, 1.165) is 19.3 Å². The number of carbonyl (C=O) groups is 1. The molecule has 0 saturated carbocycles. The van der Waals surface area contributed by atoms with E-state index in [1.807, 2.05) is 0 Å². The van der Waals surface area contributed by atoms with Crippen LogP contribution in [0.3, 0.4) is 0 Å². The summed E-state index contributed by atoms with van der Waals surface area (Å²) in [5.74, 6) is -0.264. The van der Waals surface area contributed by atoms with Crippen LogP contribution in [0.4, 0.5) is 0 Å².